The van der Waals surface area contributed by atoms with Crippen LogP contribution in [0.2, 0.25) is 0 Å². The lowest BCUT2D eigenvalue weighted by Crippen LogP contribution is -2.02. The Labute approximate surface area is 120 Å². The molecule has 2 heterocycles. The van der Waals surface area contributed by atoms with E-state index < -0.39 is 0 Å². The second kappa shape index (κ2) is 5.23. The molecule has 1 aromatic carbocycles. The predicted molar refractivity (Wildman–Crippen MR) is 81.1 cm³/mol. The van der Waals surface area contributed by atoms with Crippen LogP contribution in [0, 0.1) is 0 Å². The molecule has 1 atom stereocenters. The molecule has 3 nitrogen and oxygen atoms in total. The highest BCUT2D eigenvalue weighted by Gasteiger charge is 2.08. The summed E-state index contributed by atoms with van der Waals surface area (Å²) in [4.78, 5) is 5.57. The molecule has 0 aliphatic heterocycles. The lowest BCUT2D eigenvalue weighted by Gasteiger charge is -2.12. The molecule has 0 aliphatic rings. The van der Waals surface area contributed by atoms with Gasteiger partial charge in [-0.3, -0.25) is 4.40 Å². The molecule has 2 aromatic heterocycles. The molecule has 0 saturated carbocycles. The first-order chi connectivity index (χ1) is 9.24. The van der Waals surface area contributed by atoms with Gasteiger partial charge in [0.25, 0.3) is 0 Å². The van der Waals surface area contributed by atoms with Gasteiger partial charge < -0.3 is 5.32 Å². The number of benzene rings is 1. The van der Waals surface area contributed by atoms with Crippen molar-refractivity contribution in [3.05, 3.63) is 53.3 Å². The third kappa shape index (κ3) is 2.60. The third-order valence-electron chi connectivity index (χ3n) is 2.99. The van der Waals surface area contributed by atoms with Crippen LogP contribution in [0.25, 0.3) is 4.96 Å². The summed E-state index contributed by atoms with van der Waals surface area (Å²) in [7, 11) is 0. The van der Waals surface area contributed by atoms with Crippen molar-refractivity contribution in [2.24, 2.45) is 0 Å². The maximum atomic E-state index is 6.18. The van der Waals surface area contributed by atoms with Crippen LogP contribution in [-0.2, 0) is 6.54 Å². The lowest BCUT2D eigenvalue weighted by molar-refractivity contribution is 1.04. The van der Waals surface area contributed by atoms with E-state index in [2.05, 4.69) is 10.3 Å². The van der Waals surface area contributed by atoms with Crippen LogP contribution >= 0.6 is 22.9 Å². The highest BCUT2D eigenvalue weighted by Crippen LogP contribution is 2.27. The maximum absolute atomic E-state index is 6.18. The summed E-state index contributed by atoms with van der Waals surface area (Å²) in [6.45, 7) is 2.68. The van der Waals surface area contributed by atoms with Crippen molar-refractivity contribution < 1.29 is 0 Å². The van der Waals surface area contributed by atoms with Crippen LogP contribution in [-0.4, -0.2) is 9.38 Å². The fourth-order valence-electron chi connectivity index (χ4n) is 2.05. The van der Waals surface area contributed by atoms with Gasteiger partial charge in [-0.25, -0.2) is 4.98 Å². The fraction of sp³-hybridized carbons (Fsp3) is 0.214. The summed E-state index contributed by atoms with van der Waals surface area (Å²) < 4.78 is 2.04. The van der Waals surface area contributed by atoms with Gasteiger partial charge in [0.15, 0.2) is 4.96 Å². The van der Waals surface area contributed by atoms with Crippen molar-refractivity contribution in [2.75, 3.05) is 5.32 Å². The Bertz CT molecular complexity index is 658. The molecule has 0 saturated heterocycles. The van der Waals surface area contributed by atoms with E-state index in [4.69, 9.17) is 11.6 Å². The summed E-state index contributed by atoms with van der Waals surface area (Å²) in [6.07, 6.45) is 4.07. The number of anilines is 1. The van der Waals surface area contributed by atoms with Crippen molar-refractivity contribution >= 4 is 33.6 Å². The molecule has 0 aliphatic carbocycles. The van der Waals surface area contributed by atoms with E-state index in [0.29, 0.717) is 6.54 Å². The Balaban J connectivity index is 1.77. The molecule has 1 unspecified atom stereocenters. The predicted octanol–water partition coefficient (Wildman–Crippen LogP) is 4.31. The van der Waals surface area contributed by atoms with Gasteiger partial charge in [0, 0.05) is 23.5 Å². The zero-order chi connectivity index (χ0) is 13.2. The Hall–Kier alpha value is -1.52. The summed E-state index contributed by atoms with van der Waals surface area (Å²) in [5, 5.41) is 5.43. The molecular weight excluding hydrogens is 278 g/mol. The van der Waals surface area contributed by atoms with Crippen molar-refractivity contribution in [2.45, 2.75) is 18.8 Å². The quantitative estimate of drug-likeness (QED) is 0.726. The van der Waals surface area contributed by atoms with Crippen LogP contribution in [0.4, 0.5) is 5.69 Å². The first-order valence-electron chi connectivity index (χ1n) is 6.12. The number of nitrogens with zero attached hydrogens (tertiary/aromatic N) is 2. The first-order valence-corrected chi connectivity index (χ1v) is 7.43. The number of hydrogen-bond donors (Lipinski definition) is 1. The Morgan fingerprint density at radius 3 is 3.05 bits per heavy atom. The number of hydrogen-bond acceptors (Lipinski definition) is 3. The second-order valence-electron chi connectivity index (χ2n) is 4.38. The minimum absolute atomic E-state index is 0.00538. The number of para-hydroxylation sites is 1. The molecule has 0 spiro atoms. The normalized spacial score (nSPS) is 12.7. The smallest absolute Gasteiger partial charge is 0.193 e. The standard InChI is InChI=1S/C14H14ClN3S/c1-10(15)12-4-2-3-5-13(12)16-8-11-9-18-6-7-19-14(18)17-11/h2-7,9-10,16H,8H2,1H3. The third-order valence-corrected chi connectivity index (χ3v) is 4.00. The molecule has 19 heavy (non-hydrogen) atoms. The van der Waals surface area contributed by atoms with Gasteiger partial charge in [-0.05, 0) is 18.6 Å². The lowest BCUT2D eigenvalue weighted by atomic mass is 10.1. The summed E-state index contributed by atoms with van der Waals surface area (Å²) in [5.41, 5.74) is 3.22. The van der Waals surface area contributed by atoms with Crippen LogP contribution in [0.15, 0.2) is 42.0 Å². The Morgan fingerprint density at radius 2 is 2.26 bits per heavy atom. The van der Waals surface area contributed by atoms with Crippen molar-refractivity contribution in [1.82, 2.24) is 9.38 Å². The number of nitrogens with one attached hydrogen (secondary N) is 1. The Kier molecular flexibility index (Phi) is 3.44. The van der Waals surface area contributed by atoms with Crippen LogP contribution in [0.3, 0.4) is 0 Å². The number of aromatic nitrogens is 2. The average Bonchev–Trinajstić information content (AvgIpc) is 2.97. The van der Waals surface area contributed by atoms with Gasteiger partial charge in [0.05, 0.1) is 17.6 Å². The van der Waals surface area contributed by atoms with Crippen LogP contribution < -0.4 is 5.32 Å². The zero-order valence-electron chi connectivity index (χ0n) is 10.5. The molecule has 0 amide bonds. The first kappa shape index (κ1) is 12.5. The average molecular weight is 292 g/mol. The molecule has 0 bridgehead atoms. The van der Waals surface area contributed by atoms with E-state index in [-0.39, 0.29) is 5.38 Å². The Morgan fingerprint density at radius 1 is 1.42 bits per heavy atom. The van der Waals surface area contributed by atoms with E-state index in [1.807, 2.05) is 53.4 Å². The van der Waals surface area contributed by atoms with Crippen LogP contribution in [0.5, 0.6) is 0 Å². The number of imidazole rings is 1. The largest absolute Gasteiger partial charge is 0.379 e. The minimum atomic E-state index is -0.00538. The highest BCUT2D eigenvalue weighted by atomic mass is 35.5. The summed E-state index contributed by atoms with van der Waals surface area (Å²) in [6, 6.07) is 8.11. The summed E-state index contributed by atoms with van der Waals surface area (Å²) >= 11 is 7.82. The van der Waals surface area contributed by atoms with E-state index in [1.165, 1.54) is 0 Å². The van der Waals surface area contributed by atoms with Gasteiger partial charge in [-0.2, -0.15) is 0 Å². The van der Waals surface area contributed by atoms with Crippen LogP contribution in [0.1, 0.15) is 23.6 Å². The van der Waals surface area contributed by atoms with Gasteiger partial charge in [0.2, 0.25) is 0 Å². The van der Waals surface area contributed by atoms with E-state index in [0.717, 1.165) is 21.9 Å². The van der Waals surface area contributed by atoms with E-state index in [1.54, 1.807) is 11.3 Å². The fourth-order valence-corrected chi connectivity index (χ4v) is 2.96. The van der Waals surface area contributed by atoms with Gasteiger partial charge in [-0.1, -0.05) is 18.2 Å². The molecule has 3 rings (SSSR count). The van der Waals surface area contributed by atoms with Crippen molar-refractivity contribution in [1.29, 1.82) is 0 Å². The minimum Gasteiger partial charge on any atom is -0.379 e. The second-order valence-corrected chi connectivity index (χ2v) is 5.91. The summed E-state index contributed by atoms with van der Waals surface area (Å²) in [5.74, 6) is 0. The molecule has 5 heteroatoms. The number of halogens is 1. The SMILES string of the molecule is CC(Cl)c1ccccc1NCc1cn2ccsc2n1. The van der Waals surface area contributed by atoms with E-state index >= 15 is 0 Å². The van der Waals surface area contributed by atoms with Gasteiger partial charge >= 0.3 is 0 Å². The topological polar surface area (TPSA) is 29.3 Å². The van der Waals surface area contributed by atoms with Crippen molar-refractivity contribution in [3.63, 3.8) is 0 Å². The molecule has 0 fully saturated rings. The van der Waals surface area contributed by atoms with Crippen molar-refractivity contribution in [3.8, 4) is 0 Å². The molecule has 0 radical (unpaired) electrons. The van der Waals surface area contributed by atoms with Gasteiger partial charge in [0.1, 0.15) is 0 Å². The number of rotatable bonds is 4. The molecule has 98 valence electrons. The maximum Gasteiger partial charge on any atom is 0.193 e. The monoisotopic (exact) mass is 291 g/mol. The number of fused-ring (bicyclic) bond motifs is 1. The highest BCUT2D eigenvalue weighted by molar-refractivity contribution is 7.15. The number of thiazole rings is 1. The van der Waals surface area contributed by atoms with E-state index in [9.17, 15) is 0 Å². The number of alkyl halides is 1. The zero-order valence-corrected chi connectivity index (χ0v) is 12.1. The molecule has 3 aromatic rings. The van der Waals surface area contributed by atoms with Gasteiger partial charge in [-0.15, -0.1) is 22.9 Å². The molecular formula is C14H14ClN3S. The molecule has 1 N–H and O–H groups in total.